The summed E-state index contributed by atoms with van der Waals surface area (Å²) < 4.78 is 0. The molecule has 0 saturated heterocycles. The number of aliphatic hydroxyl groups excluding tert-OH is 2. The standard InChI is InChI=1S/C8H10O4.CH2O2/c1-5(9)8(12)3-6(10)2-7(11)4-8;2-1-3/h2-3,10-12H,4H2,1H3;1H,(H,2,3). The van der Waals surface area contributed by atoms with Gasteiger partial charge in [0.1, 0.15) is 5.76 Å². The van der Waals surface area contributed by atoms with Crippen molar-refractivity contribution in [3.8, 4) is 0 Å². The Labute approximate surface area is 85.8 Å². The van der Waals surface area contributed by atoms with E-state index < -0.39 is 11.4 Å². The maximum absolute atomic E-state index is 10.9. The number of hydrogen-bond acceptors (Lipinski definition) is 5. The van der Waals surface area contributed by atoms with E-state index in [1.807, 2.05) is 0 Å². The second kappa shape index (κ2) is 5.16. The summed E-state index contributed by atoms with van der Waals surface area (Å²) in [6.45, 7) is 0.947. The molecule has 1 atom stereocenters. The van der Waals surface area contributed by atoms with Crippen LogP contribution in [0.1, 0.15) is 13.3 Å². The van der Waals surface area contributed by atoms with Crippen LogP contribution in [0.2, 0.25) is 0 Å². The molecule has 0 aromatic heterocycles. The number of carbonyl (C=O) groups excluding carboxylic acids is 1. The number of rotatable bonds is 1. The van der Waals surface area contributed by atoms with E-state index in [2.05, 4.69) is 0 Å². The van der Waals surface area contributed by atoms with Crippen LogP contribution in [0, 0.1) is 0 Å². The lowest BCUT2D eigenvalue weighted by Gasteiger charge is -2.23. The van der Waals surface area contributed by atoms with Gasteiger partial charge in [-0.1, -0.05) is 0 Å². The minimum absolute atomic E-state index is 0.174. The fourth-order valence-corrected chi connectivity index (χ4v) is 1.06. The number of ketones is 1. The Balaban J connectivity index is 0.000000583. The van der Waals surface area contributed by atoms with Crippen molar-refractivity contribution in [2.75, 3.05) is 0 Å². The van der Waals surface area contributed by atoms with Crippen molar-refractivity contribution in [2.24, 2.45) is 0 Å². The van der Waals surface area contributed by atoms with Gasteiger partial charge in [0.05, 0.1) is 5.76 Å². The first-order valence-electron chi connectivity index (χ1n) is 3.98. The van der Waals surface area contributed by atoms with E-state index in [1.54, 1.807) is 0 Å². The molecule has 0 fully saturated rings. The molecule has 0 heterocycles. The molecule has 1 rings (SSSR count). The lowest BCUT2D eigenvalue weighted by atomic mass is 9.90. The Morgan fingerprint density at radius 1 is 1.53 bits per heavy atom. The van der Waals surface area contributed by atoms with Crippen molar-refractivity contribution in [1.29, 1.82) is 0 Å². The fraction of sp³-hybridized carbons (Fsp3) is 0.333. The Kier molecular flexibility index (Phi) is 4.53. The molecule has 1 unspecified atom stereocenters. The summed E-state index contributed by atoms with van der Waals surface area (Å²) in [4.78, 5) is 19.2. The number of carboxylic acid groups (broad SMARTS) is 1. The van der Waals surface area contributed by atoms with Gasteiger partial charge >= 0.3 is 0 Å². The fourth-order valence-electron chi connectivity index (χ4n) is 1.06. The normalized spacial score (nSPS) is 24.1. The molecule has 0 saturated carbocycles. The van der Waals surface area contributed by atoms with Crippen LogP contribution in [0.15, 0.2) is 23.7 Å². The number of aliphatic hydroxyl groups is 3. The van der Waals surface area contributed by atoms with Crippen molar-refractivity contribution in [2.45, 2.75) is 18.9 Å². The Morgan fingerprint density at radius 2 is 2.00 bits per heavy atom. The first-order chi connectivity index (χ1) is 6.85. The van der Waals surface area contributed by atoms with E-state index in [9.17, 15) is 9.90 Å². The molecule has 0 aromatic rings. The Morgan fingerprint density at radius 3 is 2.33 bits per heavy atom. The third-order valence-electron chi connectivity index (χ3n) is 1.76. The molecule has 6 heteroatoms. The molecule has 0 aromatic carbocycles. The predicted octanol–water partition coefficient (Wildman–Crippen LogP) is 0.295. The van der Waals surface area contributed by atoms with E-state index in [0.29, 0.717) is 0 Å². The molecule has 4 N–H and O–H groups in total. The third kappa shape index (κ3) is 3.82. The number of carbonyl (C=O) groups is 2. The molecule has 0 spiro atoms. The average molecular weight is 216 g/mol. The maximum Gasteiger partial charge on any atom is 0.290 e. The van der Waals surface area contributed by atoms with Crippen molar-refractivity contribution in [3.05, 3.63) is 23.7 Å². The van der Waals surface area contributed by atoms with Crippen LogP contribution in [0.4, 0.5) is 0 Å². The van der Waals surface area contributed by atoms with E-state index in [-0.39, 0.29) is 24.4 Å². The zero-order chi connectivity index (χ0) is 12.1. The van der Waals surface area contributed by atoms with Crippen molar-refractivity contribution in [1.82, 2.24) is 0 Å². The summed E-state index contributed by atoms with van der Waals surface area (Å²) in [6, 6.07) is 0. The van der Waals surface area contributed by atoms with Crippen LogP contribution >= 0.6 is 0 Å². The average Bonchev–Trinajstić information content (AvgIpc) is 2.02. The van der Waals surface area contributed by atoms with Crippen LogP contribution in [0.5, 0.6) is 0 Å². The molecule has 0 amide bonds. The highest BCUT2D eigenvalue weighted by Crippen LogP contribution is 2.24. The van der Waals surface area contributed by atoms with Crippen LogP contribution < -0.4 is 0 Å². The van der Waals surface area contributed by atoms with Gasteiger partial charge in [0.15, 0.2) is 11.4 Å². The molecule has 1 aliphatic rings. The highest BCUT2D eigenvalue weighted by Gasteiger charge is 2.34. The summed E-state index contributed by atoms with van der Waals surface area (Å²) in [5, 5.41) is 34.4. The second-order valence-electron chi connectivity index (χ2n) is 2.97. The van der Waals surface area contributed by atoms with Gasteiger partial charge in [0.25, 0.3) is 6.47 Å². The molecule has 0 radical (unpaired) electrons. The molecular formula is C9H12O6. The second-order valence-corrected chi connectivity index (χ2v) is 2.97. The van der Waals surface area contributed by atoms with Gasteiger partial charge in [-0.25, -0.2) is 0 Å². The first-order valence-corrected chi connectivity index (χ1v) is 3.98. The SMILES string of the molecule is CC(=O)C1(O)C=C(O)C=C(O)C1.O=CO. The van der Waals surface area contributed by atoms with Crippen LogP contribution in [-0.2, 0) is 9.59 Å². The molecule has 6 nitrogen and oxygen atoms in total. The summed E-state index contributed by atoms with van der Waals surface area (Å²) in [5.41, 5.74) is -1.75. The zero-order valence-electron chi connectivity index (χ0n) is 8.04. The van der Waals surface area contributed by atoms with Gasteiger partial charge in [0.2, 0.25) is 0 Å². The van der Waals surface area contributed by atoms with Gasteiger partial charge in [-0.15, -0.1) is 0 Å². The summed E-state index contributed by atoms with van der Waals surface area (Å²) >= 11 is 0. The number of allylic oxidation sites excluding steroid dienone is 1. The molecule has 0 bridgehead atoms. The molecule has 84 valence electrons. The quantitative estimate of drug-likeness (QED) is 0.468. The van der Waals surface area contributed by atoms with Gasteiger partial charge in [-0.2, -0.15) is 0 Å². The van der Waals surface area contributed by atoms with Gasteiger partial charge in [0, 0.05) is 12.5 Å². The molecule has 0 aliphatic heterocycles. The van der Waals surface area contributed by atoms with Gasteiger partial charge < -0.3 is 20.4 Å². The molecule has 1 aliphatic carbocycles. The lowest BCUT2D eigenvalue weighted by molar-refractivity contribution is -0.131. The van der Waals surface area contributed by atoms with E-state index in [1.165, 1.54) is 6.92 Å². The van der Waals surface area contributed by atoms with Gasteiger partial charge in [-0.3, -0.25) is 9.59 Å². The van der Waals surface area contributed by atoms with Crippen LogP contribution in [0.3, 0.4) is 0 Å². The molecular weight excluding hydrogens is 204 g/mol. The lowest BCUT2D eigenvalue weighted by Crippen LogP contribution is -2.37. The topological polar surface area (TPSA) is 115 Å². The summed E-state index contributed by atoms with van der Waals surface area (Å²) in [7, 11) is 0. The number of Topliss-reactive ketones (excluding diaryl/α,β-unsaturated/α-hetero) is 1. The summed E-state index contributed by atoms with van der Waals surface area (Å²) in [5.74, 6) is -1.00. The van der Waals surface area contributed by atoms with Gasteiger partial charge in [-0.05, 0) is 13.0 Å². The van der Waals surface area contributed by atoms with Crippen LogP contribution in [0.25, 0.3) is 0 Å². The number of hydrogen-bond donors (Lipinski definition) is 4. The van der Waals surface area contributed by atoms with Crippen LogP contribution in [-0.4, -0.2) is 38.3 Å². The largest absolute Gasteiger partial charge is 0.512 e. The smallest absolute Gasteiger partial charge is 0.290 e. The predicted molar refractivity (Wildman–Crippen MR) is 50.4 cm³/mol. The Hall–Kier alpha value is -1.82. The first kappa shape index (κ1) is 13.2. The zero-order valence-corrected chi connectivity index (χ0v) is 8.04. The minimum atomic E-state index is -1.75. The van der Waals surface area contributed by atoms with Crippen molar-refractivity contribution < 1.29 is 30.0 Å². The highest BCUT2D eigenvalue weighted by atomic mass is 16.3. The van der Waals surface area contributed by atoms with E-state index >= 15 is 0 Å². The maximum atomic E-state index is 10.9. The van der Waals surface area contributed by atoms with E-state index in [0.717, 1.165) is 12.2 Å². The molecule has 15 heavy (non-hydrogen) atoms. The third-order valence-corrected chi connectivity index (χ3v) is 1.76. The monoisotopic (exact) mass is 216 g/mol. The van der Waals surface area contributed by atoms with Crippen molar-refractivity contribution in [3.63, 3.8) is 0 Å². The highest BCUT2D eigenvalue weighted by molar-refractivity contribution is 5.87. The van der Waals surface area contributed by atoms with Crippen molar-refractivity contribution >= 4 is 12.3 Å². The summed E-state index contributed by atoms with van der Waals surface area (Å²) in [6.07, 6.45) is 1.94. The van der Waals surface area contributed by atoms with E-state index in [4.69, 9.17) is 20.1 Å². The Bertz CT molecular complexity index is 317. The minimum Gasteiger partial charge on any atom is -0.512 e.